The first kappa shape index (κ1) is 16.7. The Morgan fingerprint density at radius 2 is 2.33 bits per heavy atom. The molecule has 2 rings (SSSR count). The minimum atomic E-state index is -0.353. The van der Waals surface area contributed by atoms with E-state index >= 15 is 0 Å². The van der Waals surface area contributed by atoms with Crippen LogP contribution < -0.4 is 5.32 Å². The van der Waals surface area contributed by atoms with Crippen LogP contribution in [-0.4, -0.2) is 53.9 Å². The van der Waals surface area contributed by atoms with E-state index in [1.165, 1.54) is 0 Å². The van der Waals surface area contributed by atoms with E-state index in [0.29, 0.717) is 19.6 Å². The molecule has 1 aliphatic rings. The van der Waals surface area contributed by atoms with Crippen molar-refractivity contribution in [3.8, 4) is 0 Å². The molecule has 1 aromatic rings. The van der Waals surface area contributed by atoms with Crippen molar-refractivity contribution in [2.24, 2.45) is 0 Å². The highest BCUT2D eigenvalue weighted by Gasteiger charge is 2.33. The number of nitrogens with zero attached hydrogens (tertiary/aromatic N) is 1. The van der Waals surface area contributed by atoms with Gasteiger partial charge in [-0.2, -0.15) is 0 Å². The van der Waals surface area contributed by atoms with Gasteiger partial charge in [0.25, 0.3) is 0 Å². The van der Waals surface area contributed by atoms with Crippen LogP contribution in [-0.2, 0) is 9.53 Å². The quantitative estimate of drug-likeness (QED) is 0.751. The fourth-order valence-electron chi connectivity index (χ4n) is 2.60. The molecule has 21 heavy (non-hydrogen) atoms. The van der Waals surface area contributed by atoms with Crippen LogP contribution in [0.4, 0.5) is 5.69 Å². The predicted octanol–water partition coefficient (Wildman–Crippen LogP) is 1.70. The first-order chi connectivity index (χ1) is 9.88. The molecule has 1 unspecified atom stereocenters. The standard InChI is InChI=1S/C15H21IN2O3/c1-15(2)10-18(7-13(9-19)21-15)8-14(20)17-12-5-3-4-11(16)6-12/h3-6,13,19H,7-10H2,1-2H3,(H,17,20). The third-order valence-corrected chi connectivity index (χ3v) is 3.90. The van der Waals surface area contributed by atoms with Crippen molar-refractivity contribution < 1.29 is 14.6 Å². The van der Waals surface area contributed by atoms with E-state index in [0.717, 1.165) is 9.26 Å². The lowest BCUT2D eigenvalue weighted by atomic mass is 10.1. The number of hydrogen-bond donors (Lipinski definition) is 2. The molecule has 0 radical (unpaired) electrons. The van der Waals surface area contributed by atoms with Crippen molar-refractivity contribution in [2.75, 3.05) is 31.6 Å². The third kappa shape index (κ3) is 5.21. The maximum absolute atomic E-state index is 12.1. The normalized spacial score (nSPS) is 22.0. The van der Waals surface area contributed by atoms with Gasteiger partial charge in [-0.1, -0.05) is 6.07 Å². The Hall–Kier alpha value is -0.700. The summed E-state index contributed by atoms with van der Waals surface area (Å²) < 4.78 is 6.83. The molecule has 0 aliphatic carbocycles. The Labute approximate surface area is 138 Å². The molecule has 1 heterocycles. The molecule has 1 atom stereocenters. The van der Waals surface area contributed by atoms with Gasteiger partial charge in [-0.05, 0) is 54.6 Å². The maximum atomic E-state index is 12.1. The van der Waals surface area contributed by atoms with Crippen LogP contribution in [0.25, 0.3) is 0 Å². The number of hydrogen-bond acceptors (Lipinski definition) is 4. The Balaban J connectivity index is 1.92. The number of ether oxygens (including phenoxy) is 1. The van der Waals surface area contributed by atoms with Crippen LogP contribution in [0.1, 0.15) is 13.8 Å². The fraction of sp³-hybridized carbons (Fsp3) is 0.533. The summed E-state index contributed by atoms with van der Waals surface area (Å²) in [6.45, 7) is 5.45. The molecule has 116 valence electrons. The SMILES string of the molecule is CC1(C)CN(CC(=O)Nc2cccc(I)c2)CC(CO)O1. The summed E-state index contributed by atoms with van der Waals surface area (Å²) in [5.41, 5.74) is 0.451. The lowest BCUT2D eigenvalue weighted by Gasteiger charge is -2.41. The van der Waals surface area contributed by atoms with Crippen molar-refractivity contribution in [3.05, 3.63) is 27.8 Å². The average Bonchev–Trinajstić information content (AvgIpc) is 2.36. The van der Waals surface area contributed by atoms with Crippen molar-refractivity contribution in [1.82, 2.24) is 4.90 Å². The lowest BCUT2D eigenvalue weighted by Crippen LogP contribution is -2.55. The molecule has 0 spiro atoms. The molecule has 1 amide bonds. The number of amides is 1. The molecule has 1 aliphatic heterocycles. The summed E-state index contributed by atoms with van der Waals surface area (Å²) in [5, 5.41) is 12.2. The molecule has 6 heteroatoms. The second-order valence-electron chi connectivity index (χ2n) is 5.91. The number of morpholine rings is 1. The van der Waals surface area contributed by atoms with Gasteiger partial charge < -0.3 is 15.2 Å². The van der Waals surface area contributed by atoms with Gasteiger partial charge in [0, 0.05) is 22.3 Å². The van der Waals surface area contributed by atoms with E-state index in [2.05, 4.69) is 27.9 Å². The zero-order chi connectivity index (χ0) is 15.5. The van der Waals surface area contributed by atoms with Gasteiger partial charge >= 0.3 is 0 Å². The summed E-state index contributed by atoms with van der Waals surface area (Å²) >= 11 is 2.21. The van der Waals surface area contributed by atoms with Crippen LogP contribution in [0.3, 0.4) is 0 Å². The number of aliphatic hydroxyl groups excluding tert-OH is 1. The van der Waals surface area contributed by atoms with Gasteiger partial charge in [0.2, 0.25) is 5.91 Å². The van der Waals surface area contributed by atoms with Crippen molar-refractivity contribution in [3.63, 3.8) is 0 Å². The largest absolute Gasteiger partial charge is 0.394 e. The first-order valence-electron chi connectivity index (χ1n) is 6.94. The second kappa shape index (κ2) is 7.04. The molecular formula is C15H21IN2O3. The highest BCUT2D eigenvalue weighted by Crippen LogP contribution is 2.20. The number of anilines is 1. The Kier molecular flexibility index (Phi) is 5.59. The molecule has 0 saturated carbocycles. The van der Waals surface area contributed by atoms with E-state index in [1.54, 1.807) is 0 Å². The van der Waals surface area contributed by atoms with Crippen LogP contribution in [0.2, 0.25) is 0 Å². The average molecular weight is 404 g/mol. The summed E-state index contributed by atoms with van der Waals surface area (Å²) in [5.74, 6) is -0.0496. The molecule has 2 N–H and O–H groups in total. The van der Waals surface area contributed by atoms with Crippen LogP contribution >= 0.6 is 22.6 Å². The molecule has 0 bridgehead atoms. The Morgan fingerprint density at radius 3 is 3.00 bits per heavy atom. The minimum Gasteiger partial charge on any atom is -0.394 e. The molecule has 1 saturated heterocycles. The van der Waals surface area contributed by atoms with Gasteiger partial charge in [0.1, 0.15) is 0 Å². The summed E-state index contributed by atoms with van der Waals surface area (Å²) in [6, 6.07) is 7.70. The van der Waals surface area contributed by atoms with Crippen molar-refractivity contribution in [2.45, 2.75) is 25.6 Å². The van der Waals surface area contributed by atoms with Crippen LogP contribution in [0, 0.1) is 3.57 Å². The van der Waals surface area contributed by atoms with E-state index in [4.69, 9.17) is 4.74 Å². The van der Waals surface area contributed by atoms with Crippen LogP contribution in [0.15, 0.2) is 24.3 Å². The highest BCUT2D eigenvalue weighted by atomic mass is 127. The Bertz CT molecular complexity index is 507. The Morgan fingerprint density at radius 1 is 1.57 bits per heavy atom. The summed E-state index contributed by atoms with van der Waals surface area (Å²) in [7, 11) is 0. The molecule has 1 fully saturated rings. The van der Waals surface area contributed by atoms with E-state index in [1.807, 2.05) is 43.0 Å². The van der Waals surface area contributed by atoms with Crippen molar-refractivity contribution in [1.29, 1.82) is 0 Å². The monoisotopic (exact) mass is 404 g/mol. The molecular weight excluding hydrogens is 383 g/mol. The number of carbonyl (C=O) groups is 1. The maximum Gasteiger partial charge on any atom is 0.238 e. The van der Waals surface area contributed by atoms with Gasteiger partial charge in [-0.25, -0.2) is 0 Å². The lowest BCUT2D eigenvalue weighted by molar-refractivity contribution is -0.151. The summed E-state index contributed by atoms with van der Waals surface area (Å²) in [4.78, 5) is 14.2. The minimum absolute atomic E-state index is 0.0293. The number of aliphatic hydroxyl groups is 1. The second-order valence-corrected chi connectivity index (χ2v) is 7.16. The number of halogens is 1. The molecule has 5 nitrogen and oxygen atoms in total. The first-order valence-corrected chi connectivity index (χ1v) is 8.02. The predicted molar refractivity (Wildman–Crippen MR) is 90.3 cm³/mol. The highest BCUT2D eigenvalue weighted by molar-refractivity contribution is 14.1. The topological polar surface area (TPSA) is 61.8 Å². The summed E-state index contributed by atoms with van der Waals surface area (Å²) in [6.07, 6.45) is -0.237. The van der Waals surface area contributed by atoms with Gasteiger partial charge in [-0.3, -0.25) is 9.69 Å². The third-order valence-electron chi connectivity index (χ3n) is 3.23. The van der Waals surface area contributed by atoms with Crippen LogP contribution in [0.5, 0.6) is 0 Å². The van der Waals surface area contributed by atoms with E-state index in [-0.39, 0.29) is 24.2 Å². The van der Waals surface area contributed by atoms with Gasteiger partial charge in [0.15, 0.2) is 0 Å². The van der Waals surface area contributed by atoms with Gasteiger partial charge in [0.05, 0.1) is 24.9 Å². The zero-order valence-electron chi connectivity index (χ0n) is 12.3. The molecule has 0 aromatic heterocycles. The molecule has 1 aromatic carbocycles. The number of rotatable bonds is 4. The van der Waals surface area contributed by atoms with E-state index < -0.39 is 0 Å². The number of benzene rings is 1. The van der Waals surface area contributed by atoms with Gasteiger partial charge in [-0.15, -0.1) is 0 Å². The number of nitrogens with one attached hydrogen (secondary N) is 1. The number of carbonyl (C=O) groups excluding carboxylic acids is 1. The fourth-order valence-corrected chi connectivity index (χ4v) is 3.15. The van der Waals surface area contributed by atoms with Crippen molar-refractivity contribution >= 4 is 34.2 Å². The zero-order valence-corrected chi connectivity index (χ0v) is 14.5. The smallest absolute Gasteiger partial charge is 0.238 e. The van der Waals surface area contributed by atoms with E-state index in [9.17, 15) is 9.90 Å².